The summed E-state index contributed by atoms with van der Waals surface area (Å²) in [6, 6.07) is 6.10. The molecule has 0 bridgehead atoms. The Morgan fingerprint density at radius 3 is 2.88 bits per heavy atom. The summed E-state index contributed by atoms with van der Waals surface area (Å²) >= 11 is 0. The van der Waals surface area contributed by atoms with Crippen LogP contribution in [0.15, 0.2) is 18.2 Å². The van der Waals surface area contributed by atoms with Crippen LogP contribution in [0.4, 0.5) is 0 Å². The van der Waals surface area contributed by atoms with Crippen LogP contribution >= 0.6 is 0 Å². The summed E-state index contributed by atoms with van der Waals surface area (Å²) in [6.45, 7) is 0.753. The highest BCUT2D eigenvalue weighted by atomic mass is 16.5. The summed E-state index contributed by atoms with van der Waals surface area (Å²) in [5.74, 6) is 0.326. The quantitative estimate of drug-likeness (QED) is 0.870. The molecule has 17 heavy (non-hydrogen) atoms. The van der Waals surface area contributed by atoms with Crippen molar-refractivity contribution < 1.29 is 14.6 Å². The van der Waals surface area contributed by atoms with Crippen molar-refractivity contribution in [1.82, 2.24) is 0 Å². The Hall–Kier alpha value is -1.51. The van der Waals surface area contributed by atoms with Gasteiger partial charge >= 0.3 is 5.97 Å². The predicted molar refractivity (Wildman–Crippen MR) is 63.3 cm³/mol. The molecule has 0 amide bonds. The van der Waals surface area contributed by atoms with E-state index >= 15 is 0 Å². The van der Waals surface area contributed by atoms with Gasteiger partial charge in [0.15, 0.2) is 0 Å². The zero-order valence-electron chi connectivity index (χ0n) is 9.74. The second-order valence-corrected chi connectivity index (χ2v) is 5.16. The minimum Gasteiger partial charge on any atom is -0.493 e. The van der Waals surface area contributed by atoms with Crippen LogP contribution in [0.25, 0.3) is 0 Å². The van der Waals surface area contributed by atoms with Crippen molar-refractivity contribution in [3.8, 4) is 5.75 Å². The maximum absolute atomic E-state index is 11.3. The molecule has 1 N–H and O–H groups in total. The van der Waals surface area contributed by atoms with Crippen LogP contribution in [0.1, 0.15) is 30.4 Å². The van der Waals surface area contributed by atoms with Gasteiger partial charge in [-0.15, -0.1) is 0 Å². The van der Waals surface area contributed by atoms with Gasteiger partial charge in [-0.3, -0.25) is 4.79 Å². The van der Waals surface area contributed by atoms with Gasteiger partial charge in [-0.25, -0.2) is 0 Å². The molecule has 1 aliphatic heterocycles. The Kier molecular flexibility index (Phi) is 2.35. The molecule has 1 aliphatic carbocycles. The van der Waals surface area contributed by atoms with E-state index in [1.165, 1.54) is 5.56 Å². The number of fused-ring (bicyclic) bond motifs is 1. The molecular weight excluding hydrogens is 216 g/mol. The van der Waals surface area contributed by atoms with Crippen molar-refractivity contribution >= 4 is 5.97 Å². The second-order valence-electron chi connectivity index (χ2n) is 5.16. The molecule has 3 heteroatoms. The first-order valence-electron chi connectivity index (χ1n) is 6.18. The predicted octanol–water partition coefficient (Wildman–Crippen LogP) is 2.42. The molecule has 2 aliphatic rings. The van der Waals surface area contributed by atoms with Gasteiger partial charge in [0, 0.05) is 6.42 Å². The fourth-order valence-corrected chi connectivity index (χ4v) is 2.81. The lowest BCUT2D eigenvalue weighted by Gasteiger charge is -2.37. The number of hydrogen-bond donors (Lipinski definition) is 1. The molecule has 1 aromatic rings. The summed E-state index contributed by atoms with van der Waals surface area (Å²) in [5.41, 5.74) is 1.87. The minimum atomic E-state index is -0.638. The Morgan fingerprint density at radius 2 is 2.24 bits per heavy atom. The number of hydrogen-bond acceptors (Lipinski definition) is 2. The molecule has 0 unspecified atom stereocenters. The van der Waals surface area contributed by atoms with Crippen molar-refractivity contribution in [3.63, 3.8) is 0 Å². The number of aliphatic carboxylic acids is 1. The monoisotopic (exact) mass is 232 g/mol. The lowest BCUT2D eigenvalue weighted by molar-refractivity contribution is -0.154. The molecule has 0 atom stereocenters. The third kappa shape index (κ3) is 1.70. The van der Waals surface area contributed by atoms with Crippen LogP contribution in [-0.2, 0) is 17.6 Å². The van der Waals surface area contributed by atoms with Crippen molar-refractivity contribution in [2.24, 2.45) is 5.41 Å². The van der Waals surface area contributed by atoms with Gasteiger partial charge in [0.25, 0.3) is 0 Å². The molecule has 0 saturated heterocycles. The van der Waals surface area contributed by atoms with Gasteiger partial charge in [-0.1, -0.05) is 18.6 Å². The number of carboxylic acids is 1. The molecule has 1 heterocycles. The van der Waals surface area contributed by atoms with Crippen molar-refractivity contribution in [2.45, 2.75) is 32.1 Å². The summed E-state index contributed by atoms with van der Waals surface area (Å²) < 4.78 is 5.45. The number of carbonyl (C=O) groups is 1. The van der Waals surface area contributed by atoms with Crippen LogP contribution < -0.4 is 4.74 Å². The van der Waals surface area contributed by atoms with Gasteiger partial charge in [0.1, 0.15) is 5.75 Å². The average Bonchev–Trinajstić information content (AvgIpc) is 2.69. The molecule has 0 aromatic heterocycles. The molecule has 0 radical (unpaired) electrons. The Morgan fingerprint density at radius 1 is 1.41 bits per heavy atom. The summed E-state index contributed by atoms with van der Waals surface area (Å²) in [6.07, 6.45) is 4.28. The highest BCUT2D eigenvalue weighted by molar-refractivity contribution is 5.76. The van der Waals surface area contributed by atoms with E-state index in [1.807, 2.05) is 12.1 Å². The minimum absolute atomic E-state index is 0.492. The van der Waals surface area contributed by atoms with Gasteiger partial charge < -0.3 is 9.84 Å². The van der Waals surface area contributed by atoms with E-state index in [1.54, 1.807) is 0 Å². The van der Waals surface area contributed by atoms with Gasteiger partial charge in [-0.05, 0) is 36.5 Å². The Bertz CT molecular complexity index is 461. The largest absolute Gasteiger partial charge is 0.493 e. The first-order chi connectivity index (χ1) is 8.20. The van der Waals surface area contributed by atoms with E-state index in [9.17, 15) is 9.90 Å². The first kappa shape index (κ1) is 10.6. The zero-order chi connectivity index (χ0) is 11.9. The van der Waals surface area contributed by atoms with Crippen molar-refractivity contribution in [3.05, 3.63) is 29.3 Å². The van der Waals surface area contributed by atoms with Crippen LogP contribution in [0.2, 0.25) is 0 Å². The zero-order valence-corrected chi connectivity index (χ0v) is 9.74. The van der Waals surface area contributed by atoms with Crippen LogP contribution in [-0.4, -0.2) is 17.7 Å². The number of ether oxygens (including phenoxy) is 1. The lowest BCUT2D eigenvalue weighted by Crippen LogP contribution is -2.39. The van der Waals surface area contributed by atoms with Crippen LogP contribution in [0.3, 0.4) is 0 Å². The van der Waals surface area contributed by atoms with Gasteiger partial charge in [0.05, 0.1) is 12.0 Å². The smallest absolute Gasteiger partial charge is 0.309 e. The normalized spacial score (nSPS) is 20.2. The highest BCUT2D eigenvalue weighted by Crippen LogP contribution is 2.44. The highest BCUT2D eigenvalue weighted by Gasteiger charge is 2.44. The van der Waals surface area contributed by atoms with Gasteiger partial charge in [-0.2, -0.15) is 0 Å². The number of benzene rings is 1. The third-order valence-electron chi connectivity index (χ3n) is 4.06. The van der Waals surface area contributed by atoms with Crippen LogP contribution in [0, 0.1) is 5.41 Å². The lowest BCUT2D eigenvalue weighted by atomic mass is 9.65. The van der Waals surface area contributed by atoms with Crippen molar-refractivity contribution in [2.75, 3.05) is 6.61 Å². The molecule has 3 rings (SSSR count). The molecule has 90 valence electrons. The van der Waals surface area contributed by atoms with Crippen molar-refractivity contribution in [1.29, 1.82) is 0 Å². The average molecular weight is 232 g/mol. The molecule has 1 fully saturated rings. The summed E-state index contributed by atoms with van der Waals surface area (Å²) in [4.78, 5) is 11.3. The molecule has 1 aromatic carbocycles. The van der Waals surface area contributed by atoms with E-state index in [0.29, 0.717) is 6.42 Å². The van der Waals surface area contributed by atoms with Crippen LogP contribution in [0.5, 0.6) is 5.75 Å². The SMILES string of the molecule is O=C(O)C1(Cc2ccc3c(c2)CCO3)CCC1. The molecular formula is C14H16O3. The number of rotatable bonds is 3. The molecule has 0 spiro atoms. The molecule has 3 nitrogen and oxygen atoms in total. The Balaban J connectivity index is 1.83. The first-order valence-corrected chi connectivity index (χ1v) is 6.18. The van der Waals surface area contributed by atoms with E-state index < -0.39 is 11.4 Å². The Labute approximate surface area is 100 Å². The van der Waals surface area contributed by atoms with E-state index in [0.717, 1.165) is 43.6 Å². The summed E-state index contributed by atoms with van der Waals surface area (Å²) in [7, 11) is 0. The fraction of sp³-hybridized carbons (Fsp3) is 0.500. The second kappa shape index (κ2) is 3.76. The van der Waals surface area contributed by atoms with E-state index in [4.69, 9.17) is 4.74 Å². The third-order valence-corrected chi connectivity index (χ3v) is 4.06. The van der Waals surface area contributed by atoms with Gasteiger partial charge in [0.2, 0.25) is 0 Å². The number of carboxylic acid groups (broad SMARTS) is 1. The topological polar surface area (TPSA) is 46.5 Å². The van der Waals surface area contributed by atoms with E-state index in [2.05, 4.69) is 6.07 Å². The van der Waals surface area contributed by atoms with E-state index in [-0.39, 0.29) is 0 Å². The summed E-state index contributed by atoms with van der Waals surface area (Å²) in [5, 5.41) is 9.31. The maximum Gasteiger partial charge on any atom is 0.309 e. The fourth-order valence-electron chi connectivity index (χ4n) is 2.81. The maximum atomic E-state index is 11.3. The molecule has 1 saturated carbocycles. The standard InChI is InChI=1S/C14H16O3/c15-13(16)14(5-1-6-14)9-10-2-3-12-11(8-10)4-7-17-12/h2-3,8H,1,4-7,9H2,(H,15,16).